The number of carbonyl (C=O) groups excluding carboxylic acids is 2. The summed E-state index contributed by atoms with van der Waals surface area (Å²) in [5, 5.41) is 5.53. The Labute approximate surface area is 182 Å². The van der Waals surface area contributed by atoms with E-state index in [0.717, 1.165) is 34.7 Å². The van der Waals surface area contributed by atoms with Crippen LogP contribution < -0.4 is 10.6 Å². The lowest BCUT2D eigenvalue weighted by Gasteiger charge is -2.17. The van der Waals surface area contributed by atoms with Gasteiger partial charge >= 0.3 is 0 Å². The molecule has 0 saturated carbocycles. The fourth-order valence-corrected chi connectivity index (χ4v) is 3.97. The second-order valence-corrected chi connectivity index (χ2v) is 8.12. The Morgan fingerprint density at radius 1 is 0.800 bits per heavy atom. The van der Waals surface area contributed by atoms with Crippen LogP contribution in [0.2, 0.25) is 0 Å². The number of unbranched alkanes of at least 4 members (excludes halogenated alkanes) is 1. The van der Waals surface area contributed by atoms with E-state index in [1.54, 1.807) is 0 Å². The van der Waals surface area contributed by atoms with E-state index in [2.05, 4.69) is 17.6 Å². The molecule has 0 aliphatic carbocycles. The zero-order valence-corrected chi connectivity index (χ0v) is 17.8. The number of hydrogen-bond donors (Lipinski definition) is 2. The van der Waals surface area contributed by atoms with Crippen molar-refractivity contribution in [1.82, 2.24) is 0 Å². The Morgan fingerprint density at radius 2 is 1.40 bits per heavy atom. The summed E-state index contributed by atoms with van der Waals surface area (Å²) < 4.78 is 0. The molecule has 0 aliphatic rings. The van der Waals surface area contributed by atoms with Crippen LogP contribution in [0.1, 0.15) is 37.0 Å². The number of para-hydroxylation sites is 1. The minimum Gasteiger partial charge on any atom is -0.326 e. The first-order valence-corrected chi connectivity index (χ1v) is 11.0. The molecule has 0 aliphatic heterocycles. The molecule has 0 radical (unpaired) electrons. The van der Waals surface area contributed by atoms with Gasteiger partial charge in [-0.3, -0.25) is 9.59 Å². The van der Waals surface area contributed by atoms with Gasteiger partial charge in [0.1, 0.15) is 5.25 Å². The minimum absolute atomic E-state index is 0.0293. The second kappa shape index (κ2) is 11.2. The Bertz CT molecular complexity index is 944. The number of benzene rings is 3. The third-order valence-electron chi connectivity index (χ3n) is 4.53. The molecular weight excluding hydrogens is 392 g/mol. The summed E-state index contributed by atoms with van der Waals surface area (Å²) in [5.41, 5.74) is 2.48. The predicted octanol–water partition coefficient (Wildman–Crippen LogP) is 6.29. The lowest BCUT2D eigenvalue weighted by atomic mass is 10.1. The van der Waals surface area contributed by atoms with E-state index in [1.165, 1.54) is 11.8 Å². The molecule has 30 heavy (non-hydrogen) atoms. The van der Waals surface area contributed by atoms with Crippen LogP contribution in [-0.2, 0) is 9.59 Å². The van der Waals surface area contributed by atoms with Crippen molar-refractivity contribution in [3.05, 3.63) is 90.5 Å². The van der Waals surface area contributed by atoms with Crippen molar-refractivity contribution in [1.29, 1.82) is 0 Å². The third-order valence-corrected chi connectivity index (χ3v) is 5.80. The monoisotopic (exact) mass is 418 g/mol. The van der Waals surface area contributed by atoms with Crippen molar-refractivity contribution in [3.8, 4) is 0 Å². The standard InChI is InChI=1S/C25H26N2O2S/c1-2-3-14-23(28)26-21-15-17-22(18-16-21)30-24(19-10-6-4-7-11-19)25(29)27-20-12-8-5-9-13-20/h4-13,15-18,24H,2-3,14H2,1H3,(H,26,28)(H,27,29). The summed E-state index contributed by atoms with van der Waals surface area (Å²) in [6, 6.07) is 26.8. The zero-order chi connectivity index (χ0) is 21.2. The first-order chi connectivity index (χ1) is 14.7. The van der Waals surface area contributed by atoms with Gasteiger partial charge in [0.2, 0.25) is 11.8 Å². The molecule has 2 amide bonds. The molecule has 0 bridgehead atoms. The molecule has 3 aromatic rings. The summed E-state index contributed by atoms with van der Waals surface area (Å²) in [6.45, 7) is 2.07. The van der Waals surface area contributed by atoms with Gasteiger partial charge in [-0.05, 0) is 48.4 Å². The van der Waals surface area contributed by atoms with Crippen LogP contribution in [-0.4, -0.2) is 11.8 Å². The quantitative estimate of drug-likeness (QED) is 0.402. The molecule has 1 atom stereocenters. The number of amides is 2. The maximum atomic E-state index is 13.0. The molecule has 5 heteroatoms. The van der Waals surface area contributed by atoms with Gasteiger partial charge in [0.05, 0.1) is 0 Å². The molecule has 3 rings (SSSR count). The zero-order valence-electron chi connectivity index (χ0n) is 17.0. The van der Waals surface area contributed by atoms with Crippen molar-refractivity contribution >= 4 is 35.0 Å². The van der Waals surface area contributed by atoms with E-state index in [0.29, 0.717) is 6.42 Å². The maximum Gasteiger partial charge on any atom is 0.242 e. The Balaban J connectivity index is 1.71. The molecule has 2 N–H and O–H groups in total. The van der Waals surface area contributed by atoms with E-state index < -0.39 is 5.25 Å². The molecule has 4 nitrogen and oxygen atoms in total. The Morgan fingerprint density at radius 3 is 2.03 bits per heavy atom. The fourth-order valence-electron chi connectivity index (χ4n) is 2.94. The summed E-state index contributed by atoms with van der Waals surface area (Å²) in [6.07, 6.45) is 2.41. The highest BCUT2D eigenvalue weighted by atomic mass is 32.2. The van der Waals surface area contributed by atoms with Crippen molar-refractivity contribution in [3.63, 3.8) is 0 Å². The molecule has 0 heterocycles. The molecule has 3 aromatic carbocycles. The summed E-state index contributed by atoms with van der Waals surface area (Å²) in [4.78, 5) is 25.9. The highest BCUT2D eigenvalue weighted by Crippen LogP contribution is 2.36. The van der Waals surface area contributed by atoms with E-state index in [-0.39, 0.29) is 11.8 Å². The van der Waals surface area contributed by atoms with Gasteiger partial charge < -0.3 is 10.6 Å². The number of carbonyl (C=O) groups is 2. The lowest BCUT2D eigenvalue weighted by molar-refractivity contribution is -0.116. The molecule has 0 saturated heterocycles. The highest BCUT2D eigenvalue weighted by Gasteiger charge is 2.22. The molecule has 1 unspecified atom stereocenters. The van der Waals surface area contributed by atoms with Crippen LogP contribution in [0.25, 0.3) is 0 Å². The lowest BCUT2D eigenvalue weighted by Crippen LogP contribution is -2.19. The smallest absolute Gasteiger partial charge is 0.242 e. The second-order valence-electron chi connectivity index (χ2n) is 6.94. The van der Waals surface area contributed by atoms with Gasteiger partial charge in [0, 0.05) is 22.7 Å². The first kappa shape index (κ1) is 21.7. The van der Waals surface area contributed by atoms with Gasteiger partial charge in [0.15, 0.2) is 0 Å². The Hall–Kier alpha value is -3.05. The van der Waals surface area contributed by atoms with Gasteiger partial charge in [0.25, 0.3) is 0 Å². The van der Waals surface area contributed by atoms with Gasteiger partial charge in [-0.2, -0.15) is 0 Å². The van der Waals surface area contributed by atoms with E-state index in [4.69, 9.17) is 0 Å². The fraction of sp³-hybridized carbons (Fsp3) is 0.200. The molecule has 0 fully saturated rings. The van der Waals surface area contributed by atoms with Crippen molar-refractivity contribution in [2.75, 3.05) is 10.6 Å². The molecular formula is C25H26N2O2S. The molecule has 154 valence electrons. The normalized spacial score (nSPS) is 11.5. The Kier molecular flexibility index (Phi) is 8.10. The average Bonchev–Trinajstić information content (AvgIpc) is 2.78. The SMILES string of the molecule is CCCCC(=O)Nc1ccc(SC(C(=O)Nc2ccccc2)c2ccccc2)cc1. The molecule has 0 spiro atoms. The van der Waals surface area contributed by atoms with Gasteiger partial charge in [-0.25, -0.2) is 0 Å². The largest absolute Gasteiger partial charge is 0.326 e. The van der Waals surface area contributed by atoms with Gasteiger partial charge in [-0.1, -0.05) is 61.9 Å². The number of thioether (sulfide) groups is 1. The summed E-state index contributed by atoms with van der Waals surface area (Å²) in [7, 11) is 0. The van der Waals surface area contributed by atoms with Crippen LogP contribution in [0.5, 0.6) is 0 Å². The van der Waals surface area contributed by atoms with Crippen LogP contribution in [0, 0.1) is 0 Å². The third kappa shape index (κ3) is 6.49. The van der Waals surface area contributed by atoms with E-state index in [1.807, 2.05) is 84.9 Å². The highest BCUT2D eigenvalue weighted by molar-refractivity contribution is 8.00. The topological polar surface area (TPSA) is 58.2 Å². The van der Waals surface area contributed by atoms with Crippen LogP contribution in [0.4, 0.5) is 11.4 Å². The van der Waals surface area contributed by atoms with Crippen LogP contribution >= 0.6 is 11.8 Å². The average molecular weight is 419 g/mol. The first-order valence-electron chi connectivity index (χ1n) is 10.1. The van der Waals surface area contributed by atoms with Crippen LogP contribution in [0.15, 0.2) is 89.8 Å². The molecule has 0 aromatic heterocycles. The number of nitrogens with one attached hydrogen (secondary N) is 2. The number of rotatable bonds is 9. The number of anilines is 2. The van der Waals surface area contributed by atoms with Crippen molar-refractivity contribution in [2.45, 2.75) is 36.3 Å². The maximum absolute atomic E-state index is 13.0. The van der Waals surface area contributed by atoms with Crippen molar-refractivity contribution in [2.24, 2.45) is 0 Å². The van der Waals surface area contributed by atoms with Gasteiger partial charge in [-0.15, -0.1) is 11.8 Å². The summed E-state index contributed by atoms with van der Waals surface area (Å²) >= 11 is 1.49. The number of hydrogen-bond acceptors (Lipinski definition) is 3. The minimum atomic E-state index is -0.392. The van der Waals surface area contributed by atoms with E-state index >= 15 is 0 Å². The van der Waals surface area contributed by atoms with E-state index in [9.17, 15) is 9.59 Å². The predicted molar refractivity (Wildman–Crippen MR) is 125 cm³/mol. The summed E-state index contributed by atoms with van der Waals surface area (Å²) in [5.74, 6) is -0.0454. The van der Waals surface area contributed by atoms with Crippen LogP contribution in [0.3, 0.4) is 0 Å². The van der Waals surface area contributed by atoms with Crippen molar-refractivity contribution < 1.29 is 9.59 Å².